The molecule has 2 heterocycles. The van der Waals surface area contributed by atoms with Crippen LogP contribution in [0.2, 0.25) is 0 Å². The molecule has 2 aliphatic rings. The van der Waals surface area contributed by atoms with Crippen molar-refractivity contribution in [2.45, 2.75) is 38.8 Å². The highest BCUT2D eigenvalue weighted by atomic mass is 19.1. The summed E-state index contributed by atoms with van der Waals surface area (Å²) in [5.74, 6) is -3.11. The van der Waals surface area contributed by atoms with Gasteiger partial charge in [0.2, 0.25) is 11.8 Å². The van der Waals surface area contributed by atoms with Crippen molar-refractivity contribution < 1.29 is 23.5 Å². The second kappa shape index (κ2) is 6.79. The van der Waals surface area contributed by atoms with Gasteiger partial charge < -0.3 is 4.74 Å². The Morgan fingerprint density at radius 2 is 1.85 bits per heavy atom. The van der Waals surface area contributed by atoms with Crippen molar-refractivity contribution in [1.82, 2.24) is 10.2 Å². The monoisotopic (exact) mass is 362 g/mol. The third kappa shape index (κ3) is 2.53. The Bertz CT molecular complexity index is 736. The first-order valence-corrected chi connectivity index (χ1v) is 8.96. The van der Waals surface area contributed by atoms with Crippen molar-refractivity contribution in [3.63, 3.8) is 0 Å². The van der Waals surface area contributed by atoms with Gasteiger partial charge in [-0.2, -0.15) is 0 Å². The largest absolute Gasteiger partial charge is 0.465 e. The molecule has 0 unspecified atom stereocenters. The van der Waals surface area contributed by atoms with Crippen LogP contribution in [0.3, 0.4) is 0 Å². The van der Waals surface area contributed by atoms with Gasteiger partial charge in [-0.3, -0.25) is 24.6 Å². The van der Waals surface area contributed by atoms with Crippen LogP contribution in [0, 0.1) is 17.7 Å². The Hall–Kier alpha value is -2.28. The van der Waals surface area contributed by atoms with E-state index in [-0.39, 0.29) is 30.8 Å². The fraction of sp³-hybridized carbons (Fsp3) is 0.526. The average molecular weight is 362 g/mol. The first kappa shape index (κ1) is 18.5. The van der Waals surface area contributed by atoms with E-state index in [1.807, 2.05) is 0 Å². The minimum Gasteiger partial charge on any atom is -0.465 e. The number of halogens is 1. The molecule has 0 bridgehead atoms. The summed E-state index contributed by atoms with van der Waals surface area (Å²) in [6, 6.07) is 5.21. The van der Waals surface area contributed by atoms with Gasteiger partial charge in [0.25, 0.3) is 0 Å². The van der Waals surface area contributed by atoms with Crippen LogP contribution >= 0.6 is 0 Å². The second-order valence-corrected chi connectivity index (χ2v) is 6.64. The van der Waals surface area contributed by atoms with Gasteiger partial charge in [-0.05, 0) is 38.0 Å². The molecule has 4 atom stereocenters. The fourth-order valence-electron chi connectivity index (χ4n) is 4.25. The number of nitrogens with one attached hydrogen (secondary N) is 1. The van der Waals surface area contributed by atoms with Crippen LogP contribution in [0.15, 0.2) is 24.3 Å². The second-order valence-electron chi connectivity index (χ2n) is 6.64. The molecule has 2 amide bonds. The zero-order chi connectivity index (χ0) is 19.1. The lowest BCUT2D eigenvalue weighted by Gasteiger charge is -2.31. The number of ether oxygens (including phenoxy) is 1. The van der Waals surface area contributed by atoms with Crippen LogP contribution < -0.4 is 5.32 Å². The number of imide groups is 1. The Kier molecular flexibility index (Phi) is 4.84. The van der Waals surface area contributed by atoms with Crippen molar-refractivity contribution in [1.29, 1.82) is 0 Å². The maximum absolute atomic E-state index is 13.3. The quantitative estimate of drug-likeness (QED) is 0.639. The standard InChI is InChI=1S/C19H23FN2O4/c1-4-19(18(25)26-6-3)14-13(16(23)22(5-2)17(14)24)15(21-19)11-7-9-12(20)10-8-11/h7-10,13-15,21H,4-6H2,1-3H3/t13-,14-,15+,19+/m0/s1. The summed E-state index contributed by atoms with van der Waals surface area (Å²) in [5.41, 5.74) is -0.601. The summed E-state index contributed by atoms with van der Waals surface area (Å²) < 4.78 is 18.6. The minimum atomic E-state index is -1.27. The van der Waals surface area contributed by atoms with E-state index in [4.69, 9.17) is 4.74 Å². The van der Waals surface area contributed by atoms with E-state index < -0.39 is 29.4 Å². The summed E-state index contributed by atoms with van der Waals surface area (Å²) in [6.45, 7) is 5.66. The molecule has 1 N–H and O–H groups in total. The van der Waals surface area contributed by atoms with Crippen LogP contribution in [0.4, 0.5) is 4.39 Å². The van der Waals surface area contributed by atoms with E-state index >= 15 is 0 Å². The maximum Gasteiger partial charge on any atom is 0.327 e. The zero-order valence-electron chi connectivity index (χ0n) is 15.1. The number of rotatable bonds is 5. The number of carbonyl (C=O) groups excluding carboxylic acids is 3. The molecule has 2 saturated heterocycles. The maximum atomic E-state index is 13.3. The number of amides is 2. The highest BCUT2D eigenvalue weighted by Gasteiger charge is 2.67. The van der Waals surface area contributed by atoms with Gasteiger partial charge in [0.05, 0.1) is 18.4 Å². The Morgan fingerprint density at radius 3 is 2.38 bits per heavy atom. The molecule has 0 aromatic heterocycles. The number of hydrogen-bond acceptors (Lipinski definition) is 5. The molecule has 7 heteroatoms. The predicted octanol–water partition coefficient (Wildman–Crippen LogP) is 1.80. The van der Waals surface area contributed by atoms with Gasteiger partial charge in [-0.25, -0.2) is 4.39 Å². The van der Waals surface area contributed by atoms with Crippen molar-refractivity contribution in [3.8, 4) is 0 Å². The Balaban J connectivity index is 2.11. The van der Waals surface area contributed by atoms with E-state index in [0.29, 0.717) is 12.0 Å². The van der Waals surface area contributed by atoms with Crippen LogP contribution in [-0.4, -0.2) is 41.4 Å². The molecule has 2 aliphatic heterocycles. The number of likely N-dealkylation sites (tertiary alicyclic amines) is 1. The molecular weight excluding hydrogens is 339 g/mol. The lowest BCUT2D eigenvalue weighted by molar-refractivity contribution is -0.156. The number of carbonyl (C=O) groups is 3. The molecule has 140 valence electrons. The van der Waals surface area contributed by atoms with Gasteiger partial charge in [0.15, 0.2) is 0 Å². The van der Waals surface area contributed by atoms with E-state index in [1.54, 1.807) is 32.9 Å². The average Bonchev–Trinajstić information content (AvgIpc) is 3.11. The van der Waals surface area contributed by atoms with Crippen LogP contribution in [0.1, 0.15) is 38.8 Å². The number of benzene rings is 1. The highest BCUT2D eigenvalue weighted by Crippen LogP contribution is 2.50. The lowest BCUT2D eigenvalue weighted by Crippen LogP contribution is -2.56. The van der Waals surface area contributed by atoms with Gasteiger partial charge in [-0.1, -0.05) is 19.1 Å². The predicted molar refractivity (Wildman–Crippen MR) is 91.3 cm³/mol. The van der Waals surface area contributed by atoms with Gasteiger partial charge in [0.1, 0.15) is 11.4 Å². The Labute approximate surface area is 151 Å². The molecule has 1 aromatic carbocycles. The van der Waals surface area contributed by atoms with Crippen LogP contribution in [0.25, 0.3) is 0 Å². The summed E-state index contributed by atoms with van der Waals surface area (Å²) in [7, 11) is 0. The normalized spacial score (nSPS) is 30.6. The van der Waals surface area contributed by atoms with Crippen molar-refractivity contribution in [3.05, 3.63) is 35.6 Å². The summed E-state index contributed by atoms with van der Waals surface area (Å²) >= 11 is 0. The van der Waals surface area contributed by atoms with Crippen molar-refractivity contribution in [2.75, 3.05) is 13.2 Å². The van der Waals surface area contributed by atoms with Crippen molar-refractivity contribution >= 4 is 17.8 Å². The molecule has 2 fully saturated rings. The molecule has 0 spiro atoms. The summed E-state index contributed by atoms with van der Waals surface area (Å²) in [4.78, 5) is 39.8. The van der Waals surface area contributed by atoms with E-state index in [9.17, 15) is 18.8 Å². The SMILES string of the molecule is CCOC(=O)[C@]1(CC)N[C@H](c2ccc(F)cc2)[C@H]2C(=O)N(CC)C(=O)[C@H]21. The number of hydrogen-bond donors (Lipinski definition) is 1. The Morgan fingerprint density at radius 1 is 1.19 bits per heavy atom. The lowest BCUT2D eigenvalue weighted by atomic mass is 9.78. The van der Waals surface area contributed by atoms with Gasteiger partial charge in [0, 0.05) is 12.6 Å². The van der Waals surface area contributed by atoms with Gasteiger partial charge >= 0.3 is 5.97 Å². The first-order valence-electron chi connectivity index (χ1n) is 8.96. The molecule has 0 radical (unpaired) electrons. The molecule has 6 nitrogen and oxygen atoms in total. The number of esters is 1. The number of fused-ring (bicyclic) bond motifs is 1. The molecule has 26 heavy (non-hydrogen) atoms. The van der Waals surface area contributed by atoms with E-state index in [1.165, 1.54) is 17.0 Å². The van der Waals surface area contributed by atoms with Crippen LogP contribution in [-0.2, 0) is 19.1 Å². The first-order chi connectivity index (χ1) is 12.4. The summed E-state index contributed by atoms with van der Waals surface area (Å²) in [5, 5.41) is 3.22. The zero-order valence-corrected chi connectivity index (χ0v) is 15.1. The minimum absolute atomic E-state index is 0.181. The fourth-order valence-corrected chi connectivity index (χ4v) is 4.25. The smallest absolute Gasteiger partial charge is 0.327 e. The molecule has 3 rings (SSSR count). The van der Waals surface area contributed by atoms with Crippen LogP contribution in [0.5, 0.6) is 0 Å². The molecule has 1 aromatic rings. The molecule has 0 aliphatic carbocycles. The molecular formula is C19H23FN2O4. The van der Waals surface area contributed by atoms with E-state index in [0.717, 1.165) is 0 Å². The summed E-state index contributed by atoms with van der Waals surface area (Å²) in [6.07, 6.45) is 0.307. The topological polar surface area (TPSA) is 75.7 Å². The van der Waals surface area contributed by atoms with Gasteiger partial charge in [-0.15, -0.1) is 0 Å². The molecule has 0 saturated carbocycles. The third-order valence-electron chi connectivity index (χ3n) is 5.49. The highest BCUT2D eigenvalue weighted by molar-refractivity contribution is 6.09. The number of nitrogens with zero attached hydrogens (tertiary/aromatic N) is 1. The van der Waals surface area contributed by atoms with Crippen molar-refractivity contribution in [2.24, 2.45) is 11.8 Å². The van der Waals surface area contributed by atoms with E-state index in [2.05, 4.69) is 5.32 Å². The third-order valence-corrected chi connectivity index (χ3v) is 5.49.